The number of rotatable bonds is 3. The zero-order valence-electron chi connectivity index (χ0n) is 10.9. The maximum Gasteiger partial charge on any atom is 0.0175 e. The summed E-state index contributed by atoms with van der Waals surface area (Å²) in [5.41, 5.74) is 1.45. The first-order valence-electron chi connectivity index (χ1n) is 6.91. The predicted octanol–water partition coefficient (Wildman–Crippen LogP) is 2.53. The second-order valence-corrected chi connectivity index (χ2v) is 6.73. The lowest BCUT2D eigenvalue weighted by atomic mass is 10.0. The van der Waals surface area contributed by atoms with Crippen molar-refractivity contribution in [1.29, 1.82) is 0 Å². The highest BCUT2D eigenvalue weighted by atomic mass is 79.9. The number of hydrogen-bond acceptors (Lipinski definition) is 2. The van der Waals surface area contributed by atoms with Crippen molar-refractivity contribution in [2.45, 2.75) is 19.4 Å². The lowest BCUT2D eigenvalue weighted by molar-refractivity contribution is 0.239. The van der Waals surface area contributed by atoms with Crippen LogP contribution in [0.1, 0.15) is 12.5 Å². The fourth-order valence-electron chi connectivity index (χ4n) is 3.34. The van der Waals surface area contributed by atoms with E-state index in [1.165, 1.54) is 42.6 Å². The third kappa shape index (κ3) is 2.63. The van der Waals surface area contributed by atoms with Crippen molar-refractivity contribution >= 4 is 15.9 Å². The van der Waals surface area contributed by atoms with Gasteiger partial charge in [0.1, 0.15) is 0 Å². The van der Waals surface area contributed by atoms with Crippen LogP contribution in [0.4, 0.5) is 0 Å². The molecule has 0 aromatic heterocycles. The van der Waals surface area contributed by atoms with Gasteiger partial charge in [0.05, 0.1) is 0 Å². The lowest BCUT2D eigenvalue weighted by Crippen LogP contribution is -2.35. The fourth-order valence-corrected chi connectivity index (χ4v) is 3.61. The number of nitrogens with zero attached hydrogens (tertiary/aromatic N) is 1. The Labute approximate surface area is 118 Å². The number of benzene rings is 1. The molecule has 0 radical (unpaired) electrons. The first-order chi connectivity index (χ1) is 8.72. The Morgan fingerprint density at radius 3 is 2.44 bits per heavy atom. The van der Waals surface area contributed by atoms with Crippen molar-refractivity contribution in [3.8, 4) is 0 Å². The minimum absolute atomic E-state index is 0.664. The first-order valence-corrected chi connectivity index (χ1v) is 7.71. The molecule has 0 saturated carbocycles. The van der Waals surface area contributed by atoms with Crippen molar-refractivity contribution < 1.29 is 0 Å². The van der Waals surface area contributed by atoms with Gasteiger partial charge in [0.25, 0.3) is 0 Å². The Bertz CT molecular complexity index is 391. The average Bonchev–Trinajstić information content (AvgIpc) is 2.92. The summed E-state index contributed by atoms with van der Waals surface area (Å²) in [5, 5.41) is 3.51. The Morgan fingerprint density at radius 1 is 1.22 bits per heavy atom. The Kier molecular flexibility index (Phi) is 3.73. The molecule has 0 aliphatic carbocycles. The van der Waals surface area contributed by atoms with Gasteiger partial charge in [-0.15, -0.1) is 0 Å². The van der Waals surface area contributed by atoms with Crippen LogP contribution in [0, 0.1) is 11.8 Å². The largest absolute Gasteiger partial charge is 0.316 e. The van der Waals surface area contributed by atoms with E-state index in [9.17, 15) is 0 Å². The van der Waals surface area contributed by atoms with Crippen LogP contribution in [-0.4, -0.2) is 37.1 Å². The maximum atomic E-state index is 3.51. The van der Waals surface area contributed by atoms with Crippen LogP contribution in [0.2, 0.25) is 0 Å². The molecule has 2 saturated heterocycles. The van der Waals surface area contributed by atoms with Crippen molar-refractivity contribution in [3.63, 3.8) is 0 Å². The van der Waals surface area contributed by atoms with E-state index < -0.39 is 0 Å². The van der Waals surface area contributed by atoms with E-state index in [1.807, 2.05) is 0 Å². The van der Waals surface area contributed by atoms with E-state index in [1.54, 1.807) is 0 Å². The van der Waals surface area contributed by atoms with Gasteiger partial charge < -0.3 is 5.32 Å². The summed E-state index contributed by atoms with van der Waals surface area (Å²) in [6, 6.07) is 9.42. The molecule has 2 heterocycles. The summed E-state index contributed by atoms with van der Waals surface area (Å²) >= 11 is 3.49. The van der Waals surface area contributed by atoms with Crippen LogP contribution in [0.15, 0.2) is 28.7 Å². The molecule has 0 amide bonds. The van der Waals surface area contributed by atoms with Gasteiger partial charge in [0, 0.05) is 23.6 Å². The molecule has 3 heteroatoms. The molecule has 1 aromatic rings. The van der Waals surface area contributed by atoms with Crippen molar-refractivity contribution in [2.24, 2.45) is 11.8 Å². The molecule has 18 heavy (non-hydrogen) atoms. The summed E-state index contributed by atoms with van der Waals surface area (Å²) in [5.74, 6) is 1.80. The molecule has 1 aromatic carbocycles. The monoisotopic (exact) mass is 308 g/mol. The molecule has 0 bridgehead atoms. The van der Waals surface area contributed by atoms with Gasteiger partial charge in [-0.05, 0) is 56.0 Å². The summed E-state index contributed by atoms with van der Waals surface area (Å²) in [6.45, 7) is 7.40. The summed E-state index contributed by atoms with van der Waals surface area (Å²) < 4.78 is 1.17. The molecule has 3 rings (SSSR count). The van der Waals surface area contributed by atoms with Gasteiger partial charge >= 0.3 is 0 Å². The summed E-state index contributed by atoms with van der Waals surface area (Å²) in [6.07, 6.45) is 1.17. The number of fused-ring (bicyclic) bond motifs is 1. The number of halogens is 1. The topological polar surface area (TPSA) is 15.3 Å². The molecule has 3 unspecified atom stereocenters. The quantitative estimate of drug-likeness (QED) is 0.923. The second-order valence-electron chi connectivity index (χ2n) is 5.81. The van der Waals surface area contributed by atoms with Gasteiger partial charge in [-0.3, -0.25) is 4.90 Å². The summed E-state index contributed by atoms with van der Waals surface area (Å²) in [4.78, 5) is 2.68. The number of hydrogen-bond donors (Lipinski definition) is 1. The van der Waals surface area contributed by atoms with E-state index in [2.05, 4.69) is 57.3 Å². The number of likely N-dealkylation sites (tertiary alicyclic amines) is 1. The minimum atomic E-state index is 0.664. The van der Waals surface area contributed by atoms with Gasteiger partial charge in [0.2, 0.25) is 0 Å². The predicted molar refractivity (Wildman–Crippen MR) is 78.7 cm³/mol. The highest BCUT2D eigenvalue weighted by Crippen LogP contribution is 2.28. The van der Waals surface area contributed by atoms with Crippen LogP contribution in [-0.2, 0) is 6.42 Å². The Morgan fingerprint density at radius 2 is 1.83 bits per heavy atom. The van der Waals surface area contributed by atoms with Gasteiger partial charge in [-0.1, -0.05) is 28.1 Å². The maximum absolute atomic E-state index is 3.51. The summed E-state index contributed by atoms with van der Waals surface area (Å²) in [7, 11) is 0. The Hall–Kier alpha value is -0.380. The molecule has 2 nitrogen and oxygen atoms in total. The Balaban J connectivity index is 1.58. The third-order valence-electron chi connectivity index (χ3n) is 4.49. The normalized spacial score (nSPS) is 29.4. The smallest absolute Gasteiger partial charge is 0.0175 e. The van der Waals surface area contributed by atoms with Gasteiger partial charge in [0.15, 0.2) is 0 Å². The molecular weight excluding hydrogens is 288 g/mol. The van der Waals surface area contributed by atoms with Crippen molar-refractivity contribution in [2.75, 3.05) is 26.2 Å². The number of nitrogens with one attached hydrogen (secondary N) is 1. The van der Waals surface area contributed by atoms with Crippen LogP contribution in [0.25, 0.3) is 0 Å². The van der Waals surface area contributed by atoms with E-state index in [-0.39, 0.29) is 0 Å². The van der Waals surface area contributed by atoms with Crippen molar-refractivity contribution in [1.82, 2.24) is 10.2 Å². The molecule has 2 aliphatic rings. The van der Waals surface area contributed by atoms with Gasteiger partial charge in [-0.25, -0.2) is 0 Å². The van der Waals surface area contributed by atoms with Crippen molar-refractivity contribution in [3.05, 3.63) is 34.3 Å². The SMILES string of the molecule is CC(Cc1ccc(Br)cc1)N1CC2CNCC2C1. The fraction of sp³-hybridized carbons (Fsp3) is 0.600. The van der Waals surface area contributed by atoms with E-state index in [4.69, 9.17) is 0 Å². The van der Waals surface area contributed by atoms with E-state index >= 15 is 0 Å². The minimum Gasteiger partial charge on any atom is -0.316 e. The van der Waals surface area contributed by atoms with E-state index in [0.29, 0.717) is 6.04 Å². The molecule has 3 atom stereocenters. The zero-order chi connectivity index (χ0) is 12.5. The van der Waals surface area contributed by atoms with Crippen LogP contribution < -0.4 is 5.32 Å². The molecule has 2 aliphatic heterocycles. The second kappa shape index (κ2) is 5.32. The third-order valence-corrected chi connectivity index (χ3v) is 5.01. The lowest BCUT2D eigenvalue weighted by Gasteiger charge is -2.25. The molecule has 1 N–H and O–H groups in total. The van der Waals surface area contributed by atoms with Crippen LogP contribution in [0.3, 0.4) is 0 Å². The zero-order valence-corrected chi connectivity index (χ0v) is 12.5. The van der Waals surface area contributed by atoms with E-state index in [0.717, 1.165) is 11.8 Å². The van der Waals surface area contributed by atoms with Gasteiger partial charge in [-0.2, -0.15) is 0 Å². The molecular formula is C15H21BrN2. The van der Waals surface area contributed by atoms with Crippen LogP contribution >= 0.6 is 15.9 Å². The average molecular weight is 309 g/mol. The highest BCUT2D eigenvalue weighted by Gasteiger charge is 2.37. The molecule has 98 valence electrons. The highest BCUT2D eigenvalue weighted by molar-refractivity contribution is 9.10. The standard InChI is InChI=1S/C15H21BrN2/c1-11(6-12-2-4-15(16)5-3-12)18-9-13-7-17-8-14(13)10-18/h2-5,11,13-14,17H,6-10H2,1H3. The first kappa shape index (κ1) is 12.6. The molecule has 0 spiro atoms. The molecule has 2 fully saturated rings. The van der Waals surface area contributed by atoms with Crippen LogP contribution in [0.5, 0.6) is 0 Å².